The average molecular weight is 344 g/mol. The van der Waals surface area contributed by atoms with Crippen molar-refractivity contribution < 1.29 is 9.26 Å². The lowest BCUT2D eigenvalue weighted by molar-refractivity contribution is 0.0989. The Bertz CT molecular complexity index is 800. The molecule has 2 aliphatic rings. The topological polar surface area (TPSA) is 74.6 Å². The Hall–Kier alpha value is -2.28. The Balaban J connectivity index is 1.66. The predicted molar refractivity (Wildman–Crippen MR) is 95.3 cm³/mol. The summed E-state index contributed by atoms with van der Waals surface area (Å²) in [5.41, 5.74) is 1.81. The summed E-state index contributed by atoms with van der Waals surface area (Å²) in [4.78, 5) is 19.8. The summed E-state index contributed by atoms with van der Waals surface area (Å²) >= 11 is 0. The van der Waals surface area contributed by atoms with Crippen LogP contribution in [0.15, 0.2) is 27.5 Å². The maximum absolute atomic E-state index is 12.3. The van der Waals surface area contributed by atoms with Crippen molar-refractivity contribution in [2.75, 3.05) is 36.1 Å². The van der Waals surface area contributed by atoms with E-state index in [2.05, 4.69) is 32.9 Å². The Labute approximate surface area is 146 Å². The summed E-state index contributed by atoms with van der Waals surface area (Å²) in [5.74, 6) is 1.66. The maximum atomic E-state index is 12.3. The second-order valence-electron chi connectivity index (χ2n) is 6.92. The van der Waals surface area contributed by atoms with Crippen LogP contribution in [0.25, 0.3) is 0 Å². The summed E-state index contributed by atoms with van der Waals surface area (Å²) in [6.07, 6.45) is 2.07. The van der Waals surface area contributed by atoms with Crippen molar-refractivity contribution >= 4 is 11.5 Å². The molecule has 0 aliphatic carbocycles. The van der Waals surface area contributed by atoms with E-state index in [1.807, 2.05) is 13.0 Å². The van der Waals surface area contributed by atoms with E-state index in [4.69, 9.17) is 9.26 Å². The van der Waals surface area contributed by atoms with Gasteiger partial charge in [0.25, 0.3) is 5.56 Å². The molecule has 0 unspecified atom stereocenters. The lowest BCUT2D eigenvalue weighted by Crippen LogP contribution is -2.44. The van der Waals surface area contributed by atoms with Crippen LogP contribution in [-0.2, 0) is 4.74 Å². The minimum Gasteiger partial charge on any atom is -0.377 e. The summed E-state index contributed by atoms with van der Waals surface area (Å²) in [6, 6.07) is 6.14. The molecule has 0 radical (unpaired) electrons. The number of aromatic amines is 1. The molecule has 25 heavy (non-hydrogen) atoms. The molecule has 0 bridgehead atoms. The first-order valence-corrected chi connectivity index (χ1v) is 8.90. The second-order valence-corrected chi connectivity index (χ2v) is 6.92. The van der Waals surface area contributed by atoms with Gasteiger partial charge in [-0.25, -0.2) is 0 Å². The molecule has 2 aliphatic heterocycles. The van der Waals surface area contributed by atoms with E-state index >= 15 is 0 Å². The molecule has 7 nitrogen and oxygen atoms in total. The molecule has 134 valence electrons. The van der Waals surface area contributed by atoms with Gasteiger partial charge in [-0.05, 0) is 26.7 Å². The van der Waals surface area contributed by atoms with E-state index in [1.54, 1.807) is 6.07 Å². The standard InChI is InChI=1S/C18H24N4O3/c1-12-11-24-7-6-21(12)14-9-17(19-18(23)10-14)22-5-3-4-16(22)15-8-13(2)25-20-15/h8-10,12,16H,3-7,11H2,1-2H3,(H,19,23)/t12-,16+/m1/s1. The van der Waals surface area contributed by atoms with Crippen molar-refractivity contribution in [1.29, 1.82) is 0 Å². The minimum atomic E-state index is -0.0758. The lowest BCUT2D eigenvalue weighted by Gasteiger charge is -2.35. The van der Waals surface area contributed by atoms with Gasteiger partial charge in [-0.1, -0.05) is 5.16 Å². The largest absolute Gasteiger partial charge is 0.377 e. The fourth-order valence-corrected chi connectivity index (χ4v) is 3.85. The van der Waals surface area contributed by atoms with Gasteiger partial charge in [0.15, 0.2) is 0 Å². The summed E-state index contributed by atoms with van der Waals surface area (Å²) in [7, 11) is 0. The van der Waals surface area contributed by atoms with Gasteiger partial charge < -0.3 is 24.0 Å². The molecule has 2 saturated heterocycles. The van der Waals surface area contributed by atoms with E-state index in [9.17, 15) is 4.79 Å². The molecule has 0 spiro atoms. The molecule has 2 fully saturated rings. The van der Waals surface area contributed by atoms with Gasteiger partial charge in [0.2, 0.25) is 0 Å². The van der Waals surface area contributed by atoms with Gasteiger partial charge in [-0.3, -0.25) is 4.79 Å². The summed E-state index contributed by atoms with van der Waals surface area (Å²) in [6.45, 7) is 7.10. The smallest absolute Gasteiger partial charge is 0.251 e. The van der Waals surface area contributed by atoms with Crippen LogP contribution in [0.3, 0.4) is 0 Å². The number of nitrogens with one attached hydrogen (secondary N) is 1. The number of nitrogens with zero attached hydrogens (tertiary/aromatic N) is 3. The number of aryl methyl sites for hydroxylation is 1. The molecule has 2 aromatic heterocycles. The van der Waals surface area contributed by atoms with Crippen LogP contribution in [0.2, 0.25) is 0 Å². The van der Waals surface area contributed by atoms with E-state index in [-0.39, 0.29) is 17.6 Å². The number of aromatic nitrogens is 2. The van der Waals surface area contributed by atoms with Crippen molar-refractivity contribution in [1.82, 2.24) is 10.1 Å². The van der Waals surface area contributed by atoms with Crippen molar-refractivity contribution in [2.24, 2.45) is 0 Å². The Morgan fingerprint density at radius 3 is 2.88 bits per heavy atom. The van der Waals surface area contributed by atoms with Crippen molar-refractivity contribution in [3.8, 4) is 0 Å². The summed E-state index contributed by atoms with van der Waals surface area (Å²) in [5, 5.41) is 4.18. The van der Waals surface area contributed by atoms with Crippen LogP contribution in [0, 0.1) is 6.92 Å². The third kappa shape index (κ3) is 3.16. The Kier molecular flexibility index (Phi) is 4.25. The van der Waals surface area contributed by atoms with E-state index in [1.165, 1.54) is 0 Å². The molecule has 4 rings (SSSR count). The highest BCUT2D eigenvalue weighted by atomic mass is 16.5. The number of hydrogen-bond acceptors (Lipinski definition) is 6. The lowest BCUT2D eigenvalue weighted by atomic mass is 10.1. The molecule has 2 atom stereocenters. The van der Waals surface area contributed by atoms with Gasteiger partial charge in [-0.2, -0.15) is 0 Å². The van der Waals surface area contributed by atoms with Gasteiger partial charge in [0.05, 0.1) is 19.3 Å². The molecular formula is C18H24N4O3. The highest BCUT2D eigenvalue weighted by molar-refractivity contribution is 5.57. The third-order valence-electron chi connectivity index (χ3n) is 5.06. The zero-order valence-electron chi connectivity index (χ0n) is 14.7. The maximum Gasteiger partial charge on any atom is 0.251 e. The van der Waals surface area contributed by atoms with Gasteiger partial charge in [0, 0.05) is 43.0 Å². The molecule has 0 amide bonds. The number of ether oxygens (including phenoxy) is 1. The van der Waals surface area contributed by atoms with Crippen LogP contribution in [-0.4, -0.2) is 42.5 Å². The fraction of sp³-hybridized carbons (Fsp3) is 0.556. The number of rotatable bonds is 3. The van der Waals surface area contributed by atoms with Crippen LogP contribution >= 0.6 is 0 Å². The molecule has 0 saturated carbocycles. The van der Waals surface area contributed by atoms with Crippen LogP contribution in [0.5, 0.6) is 0 Å². The first kappa shape index (κ1) is 16.2. The van der Waals surface area contributed by atoms with Crippen LogP contribution in [0.1, 0.15) is 37.3 Å². The number of hydrogen-bond donors (Lipinski definition) is 1. The van der Waals surface area contributed by atoms with Crippen molar-refractivity contribution in [3.05, 3.63) is 40.0 Å². The van der Waals surface area contributed by atoms with Crippen LogP contribution in [0.4, 0.5) is 11.5 Å². The second kappa shape index (κ2) is 6.55. The number of pyridine rings is 1. The molecular weight excluding hydrogens is 320 g/mol. The zero-order chi connectivity index (χ0) is 17.4. The highest BCUT2D eigenvalue weighted by Gasteiger charge is 2.30. The highest BCUT2D eigenvalue weighted by Crippen LogP contribution is 2.35. The van der Waals surface area contributed by atoms with Gasteiger partial charge in [0.1, 0.15) is 17.3 Å². The molecule has 0 aromatic carbocycles. The summed E-state index contributed by atoms with van der Waals surface area (Å²) < 4.78 is 10.8. The van der Waals surface area contributed by atoms with E-state index in [0.29, 0.717) is 13.2 Å². The fourth-order valence-electron chi connectivity index (χ4n) is 3.85. The number of morpholine rings is 1. The molecule has 2 aromatic rings. The monoisotopic (exact) mass is 344 g/mol. The quantitative estimate of drug-likeness (QED) is 0.920. The van der Waals surface area contributed by atoms with Gasteiger partial charge >= 0.3 is 0 Å². The molecule has 7 heteroatoms. The zero-order valence-corrected chi connectivity index (χ0v) is 14.7. The van der Waals surface area contributed by atoms with Crippen LogP contribution < -0.4 is 15.4 Å². The average Bonchev–Trinajstić information content (AvgIpc) is 3.23. The van der Waals surface area contributed by atoms with Crippen molar-refractivity contribution in [3.63, 3.8) is 0 Å². The molecule has 1 N–H and O–H groups in total. The van der Waals surface area contributed by atoms with Crippen molar-refractivity contribution in [2.45, 2.75) is 38.8 Å². The normalized spacial score (nSPS) is 24.1. The van der Waals surface area contributed by atoms with E-state index < -0.39 is 0 Å². The molecule has 4 heterocycles. The van der Waals surface area contributed by atoms with Gasteiger partial charge in [-0.15, -0.1) is 0 Å². The minimum absolute atomic E-state index is 0.0758. The first-order valence-electron chi connectivity index (χ1n) is 8.90. The number of anilines is 2. The third-order valence-corrected chi connectivity index (χ3v) is 5.06. The van der Waals surface area contributed by atoms with E-state index in [0.717, 1.165) is 48.9 Å². The first-order chi connectivity index (χ1) is 12.1. The predicted octanol–water partition coefficient (Wildman–Crippen LogP) is 2.24. The Morgan fingerprint density at radius 1 is 1.24 bits per heavy atom. The SMILES string of the molecule is Cc1cc([C@@H]2CCCN2c2cc(N3CCOC[C@H]3C)cc(=O)[nH]2)no1. The number of H-pyrrole nitrogens is 1. The Morgan fingerprint density at radius 2 is 2.12 bits per heavy atom.